The van der Waals surface area contributed by atoms with Crippen LogP contribution in [-0.4, -0.2) is 40.0 Å². The zero-order chi connectivity index (χ0) is 17.8. The molecule has 4 rings (SSSR count). The van der Waals surface area contributed by atoms with Gasteiger partial charge in [0.15, 0.2) is 0 Å². The Morgan fingerprint density at radius 1 is 1.15 bits per heavy atom. The van der Waals surface area contributed by atoms with E-state index in [0.717, 1.165) is 29.2 Å². The number of carbonyl (C=O) groups excluding carboxylic acids is 1. The van der Waals surface area contributed by atoms with E-state index >= 15 is 0 Å². The molecule has 2 aromatic heterocycles. The molecule has 132 valence electrons. The summed E-state index contributed by atoms with van der Waals surface area (Å²) in [6.45, 7) is 1.40. The predicted molar refractivity (Wildman–Crippen MR) is 101 cm³/mol. The SMILES string of the molecule is O=C(c1cccc(-c2nccs2)c1)N1CCC(Oc2cccnc2)CC1. The molecule has 1 aliphatic rings. The quantitative estimate of drug-likeness (QED) is 0.704. The Bertz CT molecular complexity index is 860. The van der Waals surface area contributed by atoms with Crippen LogP contribution in [0.2, 0.25) is 0 Å². The number of hydrogen-bond acceptors (Lipinski definition) is 5. The van der Waals surface area contributed by atoms with Crippen LogP contribution in [-0.2, 0) is 0 Å². The number of piperidine rings is 1. The number of hydrogen-bond donors (Lipinski definition) is 0. The molecule has 0 spiro atoms. The summed E-state index contributed by atoms with van der Waals surface area (Å²) in [4.78, 5) is 23.1. The molecule has 3 aromatic rings. The zero-order valence-corrected chi connectivity index (χ0v) is 15.1. The molecule has 0 bridgehead atoms. The topological polar surface area (TPSA) is 55.3 Å². The van der Waals surface area contributed by atoms with Crippen molar-refractivity contribution >= 4 is 17.2 Å². The summed E-state index contributed by atoms with van der Waals surface area (Å²) < 4.78 is 5.95. The van der Waals surface area contributed by atoms with Gasteiger partial charge < -0.3 is 9.64 Å². The molecule has 0 unspecified atom stereocenters. The molecule has 1 aromatic carbocycles. The van der Waals surface area contributed by atoms with Crippen molar-refractivity contribution in [2.24, 2.45) is 0 Å². The Hall–Kier alpha value is -2.73. The van der Waals surface area contributed by atoms with E-state index in [0.29, 0.717) is 18.7 Å². The molecular formula is C20H19N3O2S. The van der Waals surface area contributed by atoms with Gasteiger partial charge in [0.2, 0.25) is 0 Å². The van der Waals surface area contributed by atoms with E-state index in [1.807, 2.05) is 46.7 Å². The lowest BCUT2D eigenvalue weighted by Gasteiger charge is -2.32. The monoisotopic (exact) mass is 365 g/mol. The van der Waals surface area contributed by atoms with Crippen LogP contribution in [0.15, 0.2) is 60.4 Å². The predicted octanol–water partition coefficient (Wildman–Crippen LogP) is 3.89. The maximum atomic E-state index is 12.8. The van der Waals surface area contributed by atoms with Gasteiger partial charge in [0.05, 0.1) is 6.20 Å². The minimum Gasteiger partial charge on any atom is -0.489 e. The lowest BCUT2D eigenvalue weighted by molar-refractivity contribution is 0.0595. The average Bonchev–Trinajstić information content (AvgIpc) is 3.24. The Balaban J connectivity index is 1.39. The van der Waals surface area contributed by atoms with Crippen molar-refractivity contribution in [3.05, 3.63) is 65.9 Å². The molecule has 1 saturated heterocycles. The van der Waals surface area contributed by atoms with Gasteiger partial charge in [-0.15, -0.1) is 11.3 Å². The molecule has 0 N–H and O–H groups in total. The molecule has 1 fully saturated rings. The van der Waals surface area contributed by atoms with E-state index in [9.17, 15) is 4.79 Å². The van der Waals surface area contributed by atoms with Crippen molar-refractivity contribution in [3.63, 3.8) is 0 Å². The maximum absolute atomic E-state index is 12.8. The van der Waals surface area contributed by atoms with Crippen molar-refractivity contribution in [2.45, 2.75) is 18.9 Å². The third-order valence-corrected chi connectivity index (χ3v) is 5.28. The van der Waals surface area contributed by atoms with E-state index in [1.165, 1.54) is 0 Å². The number of ether oxygens (including phenoxy) is 1. The van der Waals surface area contributed by atoms with E-state index in [1.54, 1.807) is 29.9 Å². The average molecular weight is 365 g/mol. The molecule has 26 heavy (non-hydrogen) atoms. The largest absolute Gasteiger partial charge is 0.489 e. The molecule has 0 aliphatic carbocycles. The minimum atomic E-state index is 0.0724. The first-order chi connectivity index (χ1) is 12.8. The number of rotatable bonds is 4. The second kappa shape index (κ2) is 7.66. The van der Waals surface area contributed by atoms with Gasteiger partial charge in [0.1, 0.15) is 16.9 Å². The standard InChI is InChI=1S/C20H19N3O2S/c24-20(16-4-1-3-15(13-16)19-22-9-12-26-19)23-10-6-17(7-11-23)25-18-5-2-8-21-14-18/h1-5,8-9,12-14,17H,6-7,10-11H2. The molecule has 1 amide bonds. The van der Waals surface area contributed by atoms with Crippen LogP contribution >= 0.6 is 11.3 Å². The van der Waals surface area contributed by atoms with Crippen molar-refractivity contribution in [2.75, 3.05) is 13.1 Å². The second-order valence-electron chi connectivity index (χ2n) is 6.22. The number of likely N-dealkylation sites (tertiary alicyclic amines) is 1. The third-order valence-electron chi connectivity index (χ3n) is 4.46. The number of aromatic nitrogens is 2. The summed E-state index contributed by atoms with van der Waals surface area (Å²) in [7, 11) is 0. The number of carbonyl (C=O) groups is 1. The van der Waals surface area contributed by atoms with E-state index < -0.39 is 0 Å². The highest BCUT2D eigenvalue weighted by Crippen LogP contribution is 2.24. The normalized spacial score (nSPS) is 15.0. The van der Waals surface area contributed by atoms with Crippen molar-refractivity contribution in [3.8, 4) is 16.3 Å². The number of amides is 1. The van der Waals surface area contributed by atoms with E-state index in [2.05, 4.69) is 9.97 Å². The first-order valence-electron chi connectivity index (χ1n) is 8.65. The van der Waals surface area contributed by atoms with Gasteiger partial charge in [-0.05, 0) is 24.3 Å². The zero-order valence-electron chi connectivity index (χ0n) is 14.2. The Morgan fingerprint density at radius 2 is 2.04 bits per heavy atom. The Kier molecular flexibility index (Phi) is 4.93. The smallest absolute Gasteiger partial charge is 0.253 e. The van der Waals surface area contributed by atoms with Gasteiger partial charge in [-0.3, -0.25) is 9.78 Å². The van der Waals surface area contributed by atoms with Crippen LogP contribution in [0.1, 0.15) is 23.2 Å². The molecule has 0 radical (unpaired) electrons. The molecule has 5 nitrogen and oxygen atoms in total. The summed E-state index contributed by atoms with van der Waals surface area (Å²) >= 11 is 1.58. The fraction of sp³-hybridized carbons (Fsp3) is 0.250. The molecule has 0 saturated carbocycles. The summed E-state index contributed by atoms with van der Waals surface area (Å²) in [6, 6.07) is 11.5. The van der Waals surface area contributed by atoms with Crippen molar-refractivity contribution in [1.82, 2.24) is 14.9 Å². The molecule has 3 heterocycles. The van der Waals surface area contributed by atoms with Crippen molar-refractivity contribution < 1.29 is 9.53 Å². The van der Waals surface area contributed by atoms with Crippen LogP contribution in [0.3, 0.4) is 0 Å². The first-order valence-corrected chi connectivity index (χ1v) is 9.53. The maximum Gasteiger partial charge on any atom is 0.253 e. The van der Waals surface area contributed by atoms with Gasteiger partial charge in [-0.2, -0.15) is 0 Å². The van der Waals surface area contributed by atoms with Gasteiger partial charge in [-0.25, -0.2) is 4.98 Å². The molecule has 1 aliphatic heterocycles. The van der Waals surface area contributed by atoms with Crippen molar-refractivity contribution in [1.29, 1.82) is 0 Å². The Labute approximate surface area is 156 Å². The highest BCUT2D eigenvalue weighted by Gasteiger charge is 2.25. The Morgan fingerprint density at radius 3 is 2.77 bits per heavy atom. The highest BCUT2D eigenvalue weighted by molar-refractivity contribution is 7.13. The molecular weight excluding hydrogens is 346 g/mol. The summed E-state index contributed by atoms with van der Waals surface area (Å²) in [6.07, 6.45) is 7.02. The van der Waals surface area contributed by atoms with Gasteiger partial charge >= 0.3 is 0 Å². The number of nitrogens with zero attached hydrogens (tertiary/aromatic N) is 3. The molecule has 6 heteroatoms. The van der Waals surface area contributed by atoms with E-state index in [4.69, 9.17) is 4.74 Å². The highest BCUT2D eigenvalue weighted by atomic mass is 32.1. The fourth-order valence-corrected chi connectivity index (χ4v) is 3.76. The first kappa shape index (κ1) is 16.7. The summed E-state index contributed by atoms with van der Waals surface area (Å²) in [5.74, 6) is 0.858. The lowest BCUT2D eigenvalue weighted by Crippen LogP contribution is -2.41. The van der Waals surface area contributed by atoms with Crippen LogP contribution in [0.4, 0.5) is 0 Å². The number of pyridine rings is 1. The van der Waals surface area contributed by atoms with Crippen LogP contribution in [0.25, 0.3) is 10.6 Å². The lowest BCUT2D eigenvalue weighted by atomic mass is 10.0. The third kappa shape index (κ3) is 3.75. The van der Waals surface area contributed by atoms with Gasteiger partial charge in [0, 0.05) is 54.8 Å². The second-order valence-corrected chi connectivity index (χ2v) is 7.11. The minimum absolute atomic E-state index is 0.0724. The number of thiazole rings is 1. The van der Waals surface area contributed by atoms with Crippen LogP contribution in [0.5, 0.6) is 5.75 Å². The summed E-state index contributed by atoms with van der Waals surface area (Å²) in [5.41, 5.74) is 1.70. The van der Waals surface area contributed by atoms with Gasteiger partial charge in [0.25, 0.3) is 5.91 Å². The van der Waals surface area contributed by atoms with E-state index in [-0.39, 0.29) is 12.0 Å². The van der Waals surface area contributed by atoms with Crippen LogP contribution in [0, 0.1) is 0 Å². The number of benzene rings is 1. The fourth-order valence-electron chi connectivity index (χ4n) is 3.12. The van der Waals surface area contributed by atoms with Gasteiger partial charge in [-0.1, -0.05) is 12.1 Å². The molecule has 0 atom stereocenters. The summed E-state index contributed by atoms with van der Waals surface area (Å²) in [5, 5.41) is 2.87. The van der Waals surface area contributed by atoms with Crippen LogP contribution < -0.4 is 4.74 Å².